The number of carbonyl (C=O) groups is 1. The van der Waals surface area contributed by atoms with E-state index in [1.807, 2.05) is 0 Å². The smallest absolute Gasteiger partial charge is 0.233 e. The Hall–Kier alpha value is -0.650. The maximum absolute atomic E-state index is 11.5. The van der Waals surface area contributed by atoms with Gasteiger partial charge in [-0.05, 0) is 18.3 Å². The monoisotopic (exact) mass is 244 g/mol. The molecule has 0 unspecified atom stereocenters. The van der Waals surface area contributed by atoms with Crippen LogP contribution in [0.3, 0.4) is 0 Å². The molecule has 0 atom stereocenters. The van der Waals surface area contributed by atoms with E-state index in [9.17, 15) is 4.79 Å². The molecule has 1 heterocycles. The van der Waals surface area contributed by atoms with Crippen molar-refractivity contribution < 1.29 is 14.3 Å². The van der Waals surface area contributed by atoms with Gasteiger partial charge in [0.25, 0.3) is 0 Å². The summed E-state index contributed by atoms with van der Waals surface area (Å²) in [5.41, 5.74) is 0.195. The minimum atomic E-state index is 0.0498. The predicted octanol–water partition coefficient (Wildman–Crippen LogP) is 0.155. The van der Waals surface area contributed by atoms with Gasteiger partial charge in [-0.25, -0.2) is 0 Å². The predicted molar refractivity (Wildman–Crippen MR) is 65.9 cm³/mol. The Morgan fingerprint density at radius 2 is 2.12 bits per heavy atom. The number of hydrogen-bond acceptors (Lipinski definition) is 4. The fourth-order valence-electron chi connectivity index (χ4n) is 1.79. The first-order valence-electron chi connectivity index (χ1n) is 6.20. The third-order valence-electron chi connectivity index (χ3n) is 3.18. The van der Waals surface area contributed by atoms with Crippen molar-refractivity contribution in [1.82, 2.24) is 10.6 Å². The van der Waals surface area contributed by atoms with Crippen LogP contribution in [0.25, 0.3) is 0 Å². The number of rotatable bonds is 7. The average molecular weight is 244 g/mol. The van der Waals surface area contributed by atoms with Gasteiger partial charge in [0.15, 0.2) is 0 Å². The van der Waals surface area contributed by atoms with E-state index in [1.165, 1.54) is 0 Å². The fraction of sp³-hybridized carbons (Fsp3) is 0.917. The zero-order valence-electron chi connectivity index (χ0n) is 10.9. The Balaban J connectivity index is 2.10. The number of ether oxygens (including phenoxy) is 2. The van der Waals surface area contributed by atoms with E-state index < -0.39 is 0 Å². The summed E-state index contributed by atoms with van der Waals surface area (Å²) in [6.07, 6.45) is 2.04. The van der Waals surface area contributed by atoms with Crippen molar-refractivity contribution in [2.75, 3.05) is 46.6 Å². The summed E-state index contributed by atoms with van der Waals surface area (Å²) in [4.78, 5) is 11.5. The van der Waals surface area contributed by atoms with Crippen molar-refractivity contribution in [3.05, 3.63) is 0 Å². The van der Waals surface area contributed by atoms with Crippen molar-refractivity contribution in [2.24, 2.45) is 5.41 Å². The van der Waals surface area contributed by atoms with E-state index >= 15 is 0 Å². The van der Waals surface area contributed by atoms with Crippen molar-refractivity contribution in [2.45, 2.75) is 19.8 Å². The highest BCUT2D eigenvalue weighted by molar-refractivity contribution is 5.78. The maximum atomic E-state index is 11.5. The molecular weight excluding hydrogens is 220 g/mol. The van der Waals surface area contributed by atoms with E-state index in [1.54, 1.807) is 7.11 Å². The molecule has 1 aliphatic heterocycles. The molecule has 0 saturated carbocycles. The second kappa shape index (κ2) is 7.63. The van der Waals surface area contributed by atoms with Crippen LogP contribution in [0.1, 0.15) is 19.8 Å². The summed E-state index contributed by atoms with van der Waals surface area (Å²) in [7, 11) is 1.65. The first kappa shape index (κ1) is 14.4. The lowest BCUT2D eigenvalue weighted by Gasteiger charge is -2.33. The molecule has 0 radical (unpaired) electrons. The van der Waals surface area contributed by atoms with Crippen LogP contribution in [-0.4, -0.2) is 52.5 Å². The van der Waals surface area contributed by atoms with Crippen LogP contribution in [0.15, 0.2) is 0 Å². The number of amides is 1. The van der Waals surface area contributed by atoms with Crippen molar-refractivity contribution in [3.63, 3.8) is 0 Å². The highest BCUT2D eigenvalue weighted by atomic mass is 16.5. The van der Waals surface area contributed by atoms with E-state index in [2.05, 4.69) is 17.6 Å². The van der Waals surface area contributed by atoms with Crippen molar-refractivity contribution in [1.29, 1.82) is 0 Å². The second-order valence-electron chi connectivity index (χ2n) is 4.87. The van der Waals surface area contributed by atoms with Crippen LogP contribution >= 0.6 is 0 Å². The molecule has 1 saturated heterocycles. The number of carbonyl (C=O) groups excluding carboxylic acids is 1. The lowest BCUT2D eigenvalue weighted by molar-refractivity contribution is -0.121. The van der Waals surface area contributed by atoms with E-state index in [4.69, 9.17) is 9.47 Å². The summed E-state index contributed by atoms with van der Waals surface area (Å²) in [5.74, 6) is 0.0498. The van der Waals surface area contributed by atoms with E-state index in [0.717, 1.165) is 32.6 Å². The molecule has 0 aliphatic carbocycles. The second-order valence-corrected chi connectivity index (χ2v) is 4.87. The van der Waals surface area contributed by atoms with Crippen LogP contribution in [0.4, 0.5) is 0 Å². The Morgan fingerprint density at radius 3 is 2.76 bits per heavy atom. The summed E-state index contributed by atoms with van der Waals surface area (Å²) in [6.45, 7) is 6.24. The van der Waals surface area contributed by atoms with E-state index in [0.29, 0.717) is 19.7 Å². The van der Waals surface area contributed by atoms with Gasteiger partial charge in [0.05, 0.1) is 13.2 Å². The van der Waals surface area contributed by atoms with Gasteiger partial charge in [0.1, 0.15) is 0 Å². The molecule has 0 bridgehead atoms. The van der Waals surface area contributed by atoms with Crippen LogP contribution in [0.5, 0.6) is 0 Å². The maximum Gasteiger partial charge on any atom is 0.233 e. The van der Waals surface area contributed by atoms with Gasteiger partial charge in [-0.2, -0.15) is 0 Å². The molecule has 0 aromatic rings. The lowest BCUT2D eigenvalue weighted by atomic mass is 9.82. The summed E-state index contributed by atoms with van der Waals surface area (Å²) in [6, 6.07) is 0. The van der Waals surface area contributed by atoms with Gasteiger partial charge < -0.3 is 20.1 Å². The van der Waals surface area contributed by atoms with Crippen molar-refractivity contribution >= 4 is 5.91 Å². The Labute approximate surface area is 103 Å². The van der Waals surface area contributed by atoms with Crippen LogP contribution in [0, 0.1) is 5.41 Å². The molecule has 1 rings (SSSR count). The van der Waals surface area contributed by atoms with Crippen LogP contribution < -0.4 is 10.6 Å². The molecule has 5 heteroatoms. The molecule has 0 aromatic carbocycles. The highest BCUT2D eigenvalue weighted by Crippen LogP contribution is 2.28. The van der Waals surface area contributed by atoms with Gasteiger partial charge in [-0.1, -0.05) is 6.92 Å². The molecule has 1 amide bonds. The molecule has 1 fully saturated rings. The average Bonchev–Trinajstić information content (AvgIpc) is 2.33. The van der Waals surface area contributed by atoms with Gasteiger partial charge in [-0.3, -0.25) is 4.79 Å². The first-order chi connectivity index (χ1) is 8.16. The van der Waals surface area contributed by atoms with Gasteiger partial charge in [0.2, 0.25) is 5.91 Å². The SMILES string of the molecule is COCCNCC(=O)NCC1(C)CCOCC1. The zero-order chi connectivity index (χ0) is 12.6. The Kier molecular flexibility index (Phi) is 6.47. The minimum Gasteiger partial charge on any atom is -0.383 e. The Bertz CT molecular complexity index is 228. The van der Waals surface area contributed by atoms with Gasteiger partial charge >= 0.3 is 0 Å². The third-order valence-corrected chi connectivity index (χ3v) is 3.18. The van der Waals surface area contributed by atoms with Crippen LogP contribution in [-0.2, 0) is 14.3 Å². The highest BCUT2D eigenvalue weighted by Gasteiger charge is 2.27. The largest absolute Gasteiger partial charge is 0.383 e. The summed E-state index contributed by atoms with van der Waals surface area (Å²) in [5, 5.41) is 6.00. The Morgan fingerprint density at radius 1 is 1.41 bits per heavy atom. The molecule has 100 valence electrons. The number of nitrogens with one attached hydrogen (secondary N) is 2. The topological polar surface area (TPSA) is 59.6 Å². The number of methoxy groups -OCH3 is 1. The van der Waals surface area contributed by atoms with Crippen LogP contribution in [0.2, 0.25) is 0 Å². The van der Waals surface area contributed by atoms with Gasteiger partial charge in [0, 0.05) is 33.4 Å². The molecular formula is C12H24N2O3. The summed E-state index contributed by atoms with van der Waals surface area (Å²) < 4.78 is 10.2. The standard InChI is InChI=1S/C12H24N2O3/c1-12(3-6-17-7-4-12)10-14-11(15)9-13-5-8-16-2/h13H,3-10H2,1-2H3,(H,14,15). The number of hydrogen-bond donors (Lipinski definition) is 2. The fourth-order valence-corrected chi connectivity index (χ4v) is 1.79. The third kappa shape index (κ3) is 6.00. The molecule has 1 aliphatic rings. The van der Waals surface area contributed by atoms with E-state index in [-0.39, 0.29) is 11.3 Å². The summed E-state index contributed by atoms with van der Waals surface area (Å²) >= 11 is 0. The molecule has 5 nitrogen and oxygen atoms in total. The molecule has 2 N–H and O–H groups in total. The molecule has 0 spiro atoms. The molecule has 17 heavy (non-hydrogen) atoms. The lowest BCUT2D eigenvalue weighted by Crippen LogP contribution is -2.42. The molecule has 0 aromatic heterocycles. The normalized spacial score (nSPS) is 18.9. The van der Waals surface area contributed by atoms with Crippen molar-refractivity contribution in [3.8, 4) is 0 Å². The zero-order valence-corrected chi connectivity index (χ0v) is 10.9. The first-order valence-corrected chi connectivity index (χ1v) is 6.20. The quantitative estimate of drug-likeness (QED) is 0.626. The van der Waals surface area contributed by atoms with Gasteiger partial charge in [-0.15, -0.1) is 0 Å². The minimum absolute atomic E-state index is 0.0498.